The number of hydrogen-bond donors (Lipinski definition) is 0. The van der Waals surface area contributed by atoms with E-state index in [1.807, 2.05) is 0 Å². The van der Waals surface area contributed by atoms with E-state index in [4.69, 9.17) is 14.2 Å². The van der Waals surface area contributed by atoms with Crippen LogP contribution < -0.4 is 0 Å². The molecular formula is C58H112O6. The largest absolute Gasteiger partial charge is 0.462 e. The van der Waals surface area contributed by atoms with Gasteiger partial charge in [0.25, 0.3) is 0 Å². The van der Waals surface area contributed by atoms with Crippen molar-refractivity contribution in [2.24, 2.45) is 0 Å². The highest BCUT2D eigenvalue weighted by Crippen LogP contribution is 2.18. The predicted molar refractivity (Wildman–Crippen MR) is 275 cm³/mol. The molecule has 0 aliphatic heterocycles. The molecule has 0 N–H and O–H groups in total. The fraction of sp³-hybridized carbons (Fsp3) is 0.948. The monoisotopic (exact) mass is 905 g/mol. The van der Waals surface area contributed by atoms with Gasteiger partial charge in [0.2, 0.25) is 0 Å². The van der Waals surface area contributed by atoms with Gasteiger partial charge in [0.15, 0.2) is 6.10 Å². The summed E-state index contributed by atoms with van der Waals surface area (Å²) in [7, 11) is 0. The van der Waals surface area contributed by atoms with Gasteiger partial charge in [-0.2, -0.15) is 0 Å². The number of carbonyl (C=O) groups is 3. The molecule has 380 valence electrons. The minimum absolute atomic E-state index is 0.0610. The molecule has 0 radical (unpaired) electrons. The standard InChI is InChI=1S/C58H112O6/c1-4-7-10-13-16-19-22-25-27-29-31-33-36-39-42-45-48-51-57(60)63-54-55(53-62-56(59)50-47-44-41-38-35-32-24-21-18-15-12-9-6-3)64-58(61)52-49-46-43-40-37-34-30-28-26-23-20-17-14-11-8-5-2/h55H,4-54H2,1-3H3/t55-/m1/s1. The third-order valence-electron chi connectivity index (χ3n) is 13.4. The molecule has 1 atom stereocenters. The van der Waals surface area contributed by atoms with Gasteiger partial charge in [0, 0.05) is 19.3 Å². The summed E-state index contributed by atoms with van der Waals surface area (Å²) in [6, 6.07) is 0. The fourth-order valence-corrected chi connectivity index (χ4v) is 8.98. The van der Waals surface area contributed by atoms with E-state index in [2.05, 4.69) is 20.8 Å². The molecule has 0 aromatic carbocycles. The highest BCUT2D eigenvalue weighted by molar-refractivity contribution is 5.71. The molecule has 6 nitrogen and oxygen atoms in total. The average molecular weight is 906 g/mol. The van der Waals surface area contributed by atoms with Crippen molar-refractivity contribution in [3.8, 4) is 0 Å². The van der Waals surface area contributed by atoms with Crippen LogP contribution in [-0.4, -0.2) is 37.2 Å². The molecule has 0 aromatic rings. The first-order chi connectivity index (χ1) is 31.5. The lowest BCUT2D eigenvalue weighted by molar-refractivity contribution is -0.167. The lowest BCUT2D eigenvalue weighted by Crippen LogP contribution is -2.30. The predicted octanol–water partition coefficient (Wildman–Crippen LogP) is 19.2. The zero-order chi connectivity index (χ0) is 46.5. The van der Waals surface area contributed by atoms with Crippen LogP contribution in [0.1, 0.15) is 335 Å². The number of esters is 3. The Hall–Kier alpha value is -1.59. The van der Waals surface area contributed by atoms with Gasteiger partial charge in [-0.3, -0.25) is 14.4 Å². The van der Waals surface area contributed by atoms with Gasteiger partial charge in [0.05, 0.1) is 0 Å². The average Bonchev–Trinajstić information content (AvgIpc) is 3.29. The van der Waals surface area contributed by atoms with E-state index in [1.165, 1.54) is 238 Å². The zero-order valence-electron chi connectivity index (χ0n) is 43.6. The number of carbonyl (C=O) groups excluding carboxylic acids is 3. The highest BCUT2D eigenvalue weighted by atomic mass is 16.6. The van der Waals surface area contributed by atoms with Crippen molar-refractivity contribution in [2.45, 2.75) is 341 Å². The van der Waals surface area contributed by atoms with Crippen LogP contribution >= 0.6 is 0 Å². The summed E-state index contributed by atoms with van der Waals surface area (Å²) in [6.45, 7) is 6.71. The maximum atomic E-state index is 12.8. The molecule has 0 unspecified atom stereocenters. The van der Waals surface area contributed by atoms with Crippen molar-refractivity contribution >= 4 is 17.9 Å². The van der Waals surface area contributed by atoms with Crippen LogP contribution in [0.3, 0.4) is 0 Å². The van der Waals surface area contributed by atoms with E-state index in [9.17, 15) is 14.4 Å². The SMILES string of the molecule is CCCCCCCCCCCCCCCCCCCC(=O)OC[C@@H](COC(=O)CCCCCCCCCCCCCCC)OC(=O)CCCCCCCCCCCCCCCCCC. The molecule has 0 spiro atoms. The van der Waals surface area contributed by atoms with Gasteiger partial charge >= 0.3 is 17.9 Å². The van der Waals surface area contributed by atoms with Gasteiger partial charge in [-0.15, -0.1) is 0 Å². The molecule has 0 saturated heterocycles. The Kier molecular flexibility index (Phi) is 52.7. The van der Waals surface area contributed by atoms with Gasteiger partial charge < -0.3 is 14.2 Å². The molecule has 0 heterocycles. The summed E-state index contributed by atoms with van der Waals surface area (Å²) >= 11 is 0. The normalized spacial score (nSPS) is 11.9. The van der Waals surface area contributed by atoms with E-state index < -0.39 is 6.10 Å². The number of hydrogen-bond acceptors (Lipinski definition) is 6. The molecule has 0 fully saturated rings. The second-order valence-corrected chi connectivity index (χ2v) is 19.9. The first kappa shape index (κ1) is 62.4. The van der Waals surface area contributed by atoms with Crippen molar-refractivity contribution in [2.75, 3.05) is 13.2 Å². The van der Waals surface area contributed by atoms with E-state index in [1.54, 1.807) is 0 Å². The van der Waals surface area contributed by atoms with Crippen molar-refractivity contribution < 1.29 is 28.6 Å². The minimum Gasteiger partial charge on any atom is -0.462 e. The van der Waals surface area contributed by atoms with Gasteiger partial charge in [-0.25, -0.2) is 0 Å². The molecule has 0 aliphatic carbocycles. The Balaban J connectivity index is 4.28. The number of unbranched alkanes of at least 4 members (excludes halogenated alkanes) is 43. The van der Waals surface area contributed by atoms with Crippen molar-refractivity contribution in [3.05, 3.63) is 0 Å². The molecule has 6 heteroatoms. The van der Waals surface area contributed by atoms with Crippen LogP contribution in [0.15, 0.2) is 0 Å². The maximum absolute atomic E-state index is 12.8. The molecule has 0 bridgehead atoms. The topological polar surface area (TPSA) is 78.9 Å². The van der Waals surface area contributed by atoms with Crippen LogP contribution in [0, 0.1) is 0 Å². The summed E-state index contributed by atoms with van der Waals surface area (Å²) < 4.78 is 16.9. The van der Waals surface area contributed by atoms with E-state index in [-0.39, 0.29) is 31.1 Å². The molecule has 0 saturated carbocycles. The van der Waals surface area contributed by atoms with Gasteiger partial charge in [0.1, 0.15) is 13.2 Å². The number of ether oxygens (including phenoxy) is 3. The Bertz CT molecular complexity index is 951. The second-order valence-electron chi connectivity index (χ2n) is 19.9. The first-order valence-electron chi connectivity index (χ1n) is 29.0. The highest BCUT2D eigenvalue weighted by Gasteiger charge is 2.19. The minimum atomic E-state index is -0.761. The van der Waals surface area contributed by atoms with Crippen LogP contribution in [-0.2, 0) is 28.6 Å². The van der Waals surface area contributed by atoms with Crippen LogP contribution in [0.2, 0.25) is 0 Å². The number of rotatable bonds is 54. The molecule has 0 aliphatic rings. The molecular weight excluding hydrogens is 793 g/mol. The van der Waals surface area contributed by atoms with Crippen LogP contribution in [0.5, 0.6) is 0 Å². The van der Waals surface area contributed by atoms with Crippen molar-refractivity contribution in [3.63, 3.8) is 0 Å². The van der Waals surface area contributed by atoms with Crippen molar-refractivity contribution in [1.82, 2.24) is 0 Å². The molecule has 0 amide bonds. The zero-order valence-corrected chi connectivity index (χ0v) is 43.6. The molecule has 0 aromatic heterocycles. The first-order valence-corrected chi connectivity index (χ1v) is 29.0. The molecule has 64 heavy (non-hydrogen) atoms. The Morgan fingerprint density at radius 2 is 0.422 bits per heavy atom. The quantitative estimate of drug-likeness (QED) is 0.0344. The van der Waals surface area contributed by atoms with E-state index in [0.717, 1.165) is 57.8 Å². The van der Waals surface area contributed by atoms with E-state index >= 15 is 0 Å². The third-order valence-corrected chi connectivity index (χ3v) is 13.4. The van der Waals surface area contributed by atoms with Crippen LogP contribution in [0.4, 0.5) is 0 Å². The Labute approximate surface area is 399 Å². The lowest BCUT2D eigenvalue weighted by Gasteiger charge is -2.18. The Morgan fingerprint density at radius 1 is 0.250 bits per heavy atom. The fourth-order valence-electron chi connectivity index (χ4n) is 8.98. The summed E-state index contributed by atoms with van der Waals surface area (Å²) in [4.78, 5) is 38.1. The van der Waals surface area contributed by atoms with Crippen LogP contribution in [0.25, 0.3) is 0 Å². The van der Waals surface area contributed by atoms with Gasteiger partial charge in [-0.05, 0) is 19.3 Å². The lowest BCUT2D eigenvalue weighted by atomic mass is 10.0. The summed E-state index contributed by atoms with van der Waals surface area (Å²) in [6.07, 6.45) is 59.5. The maximum Gasteiger partial charge on any atom is 0.306 e. The van der Waals surface area contributed by atoms with E-state index in [0.29, 0.717) is 19.3 Å². The third kappa shape index (κ3) is 51.4. The Morgan fingerprint density at radius 3 is 0.625 bits per heavy atom. The van der Waals surface area contributed by atoms with Gasteiger partial charge in [-0.1, -0.05) is 297 Å². The second kappa shape index (κ2) is 54.0. The molecule has 0 rings (SSSR count). The summed E-state index contributed by atoms with van der Waals surface area (Å²) in [5.74, 6) is -0.831. The summed E-state index contributed by atoms with van der Waals surface area (Å²) in [5, 5.41) is 0. The summed E-state index contributed by atoms with van der Waals surface area (Å²) in [5.41, 5.74) is 0. The van der Waals surface area contributed by atoms with Crippen molar-refractivity contribution in [1.29, 1.82) is 0 Å². The smallest absolute Gasteiger partial charge is 0.306 e.